The van der Waals surface area contributed by atoms with Crippen LogP contribution in [0.15, 0.2) is 15.7 Å². The predicted octanol–water partition coefficient (Wildman–Crippen LogP) is -1.12. The lowest BCUT2D eigenvalue weighted by Gasteiger charge is -2.34. The minimum Gasteiger partial charge on any atom is -0.314 e. The van der Waals surface area contributed by atoms with Crippen molar-refractivity contribution in [3.8, 4) is 0 Å². The molecule has 0 bridgehead atoms. The van der Waals surface area contributed by atoms with Crippen LogP contribution >= 0.6 is 0 Å². The average molecular weight is 252 g/mol. The van der Waals surface area contributed by atoms with Crippen molar-refractivity contribution in [3.05, 3.63) is 32.6 Å². The molecule has 0 aliphatic carbocycles. The van der Waals surface area contributed by atoms with E-state index in [2.05, 4.69) is 17.1 Å². The normalized spacial score (nSPS) is 21.2. The van der Waals surface area contributed by atoms with Crippen molar-refractivity contribution in [1.29, 1.82) is 0 Å². The highest BCUT2D eigenvalue weighted by atomic mass is 16.2. The molecule has 0 radical (unpaired) electrons. The molecule has 100 valence electrons. The van der Waals surface area contributed by atoms with Crippen LogP contribution in [-0.2, 0) is 20.6 Å². The number of aromatic nitrogens is 2. The van der Waals surface area contributed by atoms with Crippen molar-refractivity contribution in [3.63, 3.8) is 0 Å². The number of piperazine rings is 1. The van der Waals surface area contributed by atoms with Crippen LogP contribution in [0.2, 0.25) is 0 Å². The Labute approximate surface area is 106 Å². The van der Waals surface area contributed by atoms with Gasteiger partial charge in [-0.1, -0.05) is 0 Å². The predicted molar refractivity (Wildman–Crippen MR) is 69.7 cm³/mol. The van der Waals surface area contributed by atoms with E-state index in [-0.39, 0.29) is 11.2 Å². The molecule has 2 heterocycles. The van der Waals surface area contributed by atoms with E-state index in [0.717, 1.165) is 29.9 Å². The molecule has 0 saturated carbocycles. The van der Waals surface area contributed by atoms with Gasteiger partial charge in [0.05, 0.1) is 0 Å². The van der Waals surface area contributed by atoms with Gasteiger partial charge in [0.15, 0.2) is 0 Å². The number of hydrogen-bond acceptors (Lipinski definition) is 4. The molecule has 1 aliphatic rings. The summed E-state index contributed by atoms with van der Waals surface area (Å²) >= 11 is 0. The Kier molecular flexibility index (Phi) is 3.68. The van der Waals surface area contributed by atoms with E-state index in [9.17, 15) is 9.59 Å². The molecule has 1 aromatic heterocycles. The summed E-state index contributed by atoms with van der Waals surface area (Å²) in [7, 11) is 3.21. The van der Waals surface area contributed by atoms with E-state index in [4.69, 9.17) is 0 Å². The SMILES string of the molecule is C[C@@H]1CNCCN1Cc1cc(=O)n(C)c(=O)n1C. The summed E-state index contributed by atoms with van der Waals surface area (Å²) in [5, 5.41) is 3.32. The minimum atomic E-state index is -0.264. The van der Waals surface area contributed by atoms with Gasteiger partial charge in [0, 0.05) is 58.1 Å². The van der Waals surface area contributed by atoms with Crippen LogP contribution in [0.25, 0.3) is 0 Å². The van der Waals surface area contributed by atoms with E-state index in [0.29, 0.717) is 12.6 Å². The van der Waals surface area contributed by atoms with Gasteiger partial charge < -0.3 is 5.32 Å². The topological polar surface area (TPSA) is 59.3 Å². The molecular weight excluding hydrogens is 232 g/mol. The maximum Gasteiger partial charge on any atom is 0.330 e. The van der Waals surface area contributed by atoms with Crippen molar-refractivity contribution in [2.75, 3.05) is 19.6 Å². The third-order valence-corrected chi connectivity index (χ3v) is 3.63. The van der Waals surface area contributed by atoms with Gasteiger partial charge in [-0.05, 0) is 6.92 Å². The Hall–Kier alpha value is -1.40. The van der Waals surface area contributed by atoms with Gasteiger partial charge in [-0.2, -0.15) is 0 Å². The molecule has 0 amide bonds. The van der Waals surface area contributed by atoms with Gasteiger partial charge in [-0.3, -0.25) is 18.8 Å². The summed E-state index contributed by atoms with van der Waals surface area (Å²) in [5.41, 5.74) is 0.271. The largest absolute Gasteiger partial charge is 0.330 e. The van der Waals surface area contributed by atoms with E-state index in [1.54, 1.807) is 17.7 Å². The highest BCUT2D eigenvalue weighted by Gasteiger charge is 2.19. The Morgan fingerprint density at radius 1 is 1.33 bits per heavy atom. The van der Waals surface area contributed by atoms with Gasteiger partial charge in [0.25, 0.3) is 5.56 Å². The number of nitrogens with zero attached hydrogens (tertiary/aromatic N) is 3. The zero-order valence-corrected chi connectivity index (χ0v) is 11.1. The van der Waals surface area contributed by atoms with Crippen LogP contribution in [0.5, 0.6) is 0 Å². The maximum absolute atomic E-state index is 11.8. The average Bonchev–Trinajstić information content (AvgIpc) is 2.36. The van der Waals surface area contributed by atoms with Gasteiger partial charge in [0.2, 0.25) is 0 Å². The molecule has 1 aromatic rings. The molecule has 1 saturated heterocycles. The summed E-state index contributed by atoms with van der Waals surface area (Å²) in [5.74, 6) is 0. The van der Waals surface area contributed by atoms with Gasteiger partial charge >= 0.3 is 5.69 Å². The summed E-state index contributed by atoms with van der Waals surface area (Å²) in [4.78, 5) is 25.8. The van der Waals surface area contributed by atoms with Crippen LogP contribution < -0.4 is 16.6 Å². The van der Waals surface area contributed by atoms with E-state index in [1.165, 1.54) is 7.05 Å². The molecule has 1 N–H and O–H groups in total. The fourth-order valence-electron chi connectivity index (χ4n) is 2.26. The zero-order valence-electron chi connectivity index (χ0n) is 11.1. The summed E-state index contributed by atoms with van der Waals surface area (Å²) in [6.45, 7) is 5.61. The fraction of sp³-hybridized carbons (Fsp3) is 0.667. The van der Waals surface area contributed by atoms with Gasteiger partial charge in [-0.15, -0.1) is 0 Å². The van der Waals surface area contributed by atoms with Crippen LogP contribution in [-0.4, -0.2) is 39.7 Å². The standard InChI is InChI=1S/C12H20N4O2/c1-9-7-13-4-5-16(9)8-10-6-11(17)15(3)12(18)14(10)2/h6,9,13H,4-5,7-8H2,1-3H3/t9-/m1/s1. The van der Waals surface area contributed by atoms with E-state index < -0.39 is 0 Å². The fourth-order valence-corrected chi connectivity index (χ4v) is 2.26. The second kappa shape index (κ2) is 5.07. The monoisotopic (exact) mass is 252 g/mol. The number of nitrogens with one attached hydrogen (secondary N) is 1. The molecule has 2 rings (SSSR count). The van der Waals surface area contributed by atoms with Crippen molar-refractivity contribution < 1.29 is 0 Å². The number of rotatable bonds is 2. The van der Waals surface area contributed by atoms with Gasteiger partial charge in [-0.25, -0.2) is 4.79 Å². The molecule has 1 fully saturated rings. The Morgan fingerprint density at radius 3 is 2.72 bits per heavy atom. The van der Waals surface area contributed by atoms with Crippen LogP contribution in [0.3, 0.4) is 0 Å². The van der Waals surface area contributed by atoms with Crippen molar-refractivity contribution >= 4 is 0 Å². The Bertz CT molecular complexity index is 546. The molecule has 18 heavy (non-hydrogen) atoms. The molecule has 0 unspecified atom stereocenters. The quantitative estimate of drug-likeness (QED) is 0.724. The molecule has 6 nitrogen and oxygen atoms in total. The first kappa shape index (κ1) is 13.0. The summed E-state index contributed by atoms with van der Waals surface area (Å²) in [6, 6.07) is 1.97. The molecule has 1 aliphatic heterocycles. The first-order valence-corrected chi connectivity index (χ1v) is 6.21. The highest BCUT2D eigenvalue weighted by molar-refractivity contribution is 5.03. The second-order valence-electron chi connectivity index (χ2n) is 4.90. The van der Waals surface area contributed by atoms with Crippen LogP contribution in [0, 0.1) is 0 Å². The van der Waals surface area contributed by atoms with Crippen molar-refractivity contribution in [2.24, 2.45) is 14.1 Å². The first-order chi connectivity index (χ1) is 8.50. The van der Waals surface area contributed by atoms with Crippen molar-refractivity contribution in [1.82, 2.24) is 19.4 Å². The Balaban J connectivity index is 2.29. The van der Waals surface area contributed by atoms with E-state index in [1.807, 2.05) is 0 Å². The Morgan fingerprint density at radius 2 is 2.06 bits per heavy atom. The third kappa shape index (κ3) is 2.39. The minimum absolute atomic E-state index is 0.240. The third-order valence-electron chi connectivity index (χ3n) is 3.63. The second-order valence-corrected chi connectivity index (χ2v) is 4.90. The van der Waals surface area contributed by atoms with Crippen LogP contribution in [0.4, 0.5) is 0 Å². The zero-order chi connectivity index (χ0) is 13.3. The number of hydrogen-bond donors (Lipinski definition) is 1. The maximum atomic E-state index is 11.8. The van der Waals surface area contributed by atoms with Crippen molar-refractivity contribution in [2.45, 2.75) is 19.5 Å². The van der Waals surface area contributed by atoms with Crippen LogP contribution in [0.1, 0.15) is 12.6 Å². The lowest BCUT2D eigenvalue weighted by molar-refractivity contribution is 0.161. The molecule has 0 aromatic carbocycles. The summed E-state index contributed by atoms with van der Waals surface area (Å²) in [6.07, 6.45) is 0. The molecule has 1 atom stereocenters. The lowest BCUT2D eigenvalue weighted by Crippen LogP contribution is -2.50. The lowest BCUT2D eigenvalue weighted by atomic mass is 10.2. The smallest absolute Gasteiger partial charge is 0.314 e. The summed E-state index contributed by atoms with van der Waals surface area (Å²) < 4.78 is 2.68. The van der Waals surface area contributed by atoms with Gasteiger partial charge in [0.1, 0.15) is 0 Å². The highest BCUT2D eigenvalue weighted by Crippen LogP contribution is 2.07. The molecular formula is C12H20N4O2. The molecule has 6 heteroatoms. The molecule has 0 spiro atoms. The van der Waals surface area contributed by atoms with E-state index >= 15 is 0 Å². The first-order valence-electron chi connectivity index (χ1n) is 6.21.